The van der Waals surface area contributed by atoms with Gasteiger partial charge in [0, 0.05) is 118 Å². The zero-order chi connectivity index (χ0) is 63.8. The summed E-state index contributed by atoms with van der Waals surface area (Å²) in [7, 11) is -11.1. The summed E-state index contributed by atoms with van der Waals surface area (Å²) in [6.07, 6.45) is 2.40. The number of benzene rings is 4. The van der Waals surface area contributed by atoms with Gasteiger partial charge in [-0.2, -0.15) is 13.2 Å². The lowest BCUT2D eigenvalue weighted by molar-refractivity contribution is -0.136. The predicted molar refractivity (Wildman–Crippen MR) is 331 cm³/mol. The first kappa shape index (κ1) is 66.7. The molecule has 4 aromatic rings. The Balaban J connectivity index is 0.774. The monoisotopic (exact) mass is 1290 g/mol. The van der Waals surface area contributed by atoms with Crippen molar-refractivity contribution < 1.29 is 62.8 Å². The maximum Gasteiger partial charge on any atom is 0.501 e. The third-order valence-corrected chi connectivity index (χ3v) is 21.2. The Morgan fingerprint density at radius 3 is 2.13 bits per heavy atom. The minimum atomic E-state index is -6.15. The minimum Gasteiger partial charge on any atom is -0.385 e. The number of sulfone groups is 1. The predicted octanol–water partition coefficient (Wildman–Crippen LogP) is 9.20. The fraction of sp³-hybridized carbons (Fsp3) is 0.476. The summed E-state index contributed by atoms with van der Waals surface area (Å²) in [6, 6.07) is 21.0. The van der Waals surface area contributed by atoms with Crippen molar-refractivity contribution in [2.24, 2.45) is 5.41 Å². The number of anilines is 3. The van der Waals surface area contributed by atoms with Gasteiger partial charge >= 0.3 is 5.51 Å². The molecule has 0 spiro atoms. The Morgan fingerprint density at radius 2 is 1.46 bits per heavy atom. The molecule has 0 bridgehead atoms. The molecule has 1 aliphatic carbocycles. The Hall–Kier alpha value is -6.71. The van der Waals surface area contributed by atoms with Crippen molar-refractivity contribution in [3.8, 4) is 0 Å². The summed E-state index contributed by atoms with van der Waals surface area (Å²) in [4.78, 5) is 72.6. The first-order valence-corrected chi connectivity index (χ1v) is 34.0. The van der Waals surface area contributed by atoms with Gasteiger partial charge in [0.15, 0.2) is 0 Å². The number of allylic oxidation sites excluding steroid dienone is 2. The number of thioether (sulfide) groups is 1. The lowest BCUT2D eigenvalue weighted by atomic mass is 9.72. The van der Waals surface area contributed by atoms with Gasteiger partial charge in [0.25, 0.3) is 37.6 Å². The highest BCUT2D eigenvalue weighted by atomic mass is 32.2. The fourth-order valence-corrected chi connectivity index (χ4v) is 14.9. The average Bonchev–Trinajstić information content (AvgIpc) is 1.91. The Labute approximate surface area is 521 Å². The Kier molecular flexibility index (Phi) is 21.5. The van der Waals surface area contributed by atoms with Gasteiger partial charge in [0.2, 0.25) is 18.2 Å². The van der Waals surface area contributed by atoms with Gasteiger partial charge in [-0.3, -0.25) is 39.1 Å². The third-order valence-electron chi connectivity index (χ3n) is 17.1. The fourth-order valence-electron chi connectivity index (χ4n) is 11.9. The normalized spacial score (nSPS) is 19.3. The summed E-state index contributed by atoms with van der Waals surface area (Å²) in [5, 5.41) is 8.53. The number of nitrogens with one attached hydrogen (secondary N) is 4. The number of nitrogens with zero attached hydrogens (tertiary/aromatic N) is 5. The van der Waals surface area contributed by atoms with E-state index < -0.39 is 88.9 Å². The Morgan fingerprint density at radius 1 is 0.787 bits per heavy atom. The second-order valence-corrected chi connectivity index (χ2v) is 28.8. The number of rotatable bonds is 26. The molecule has 480 valence electrons. The molecule has 2 atom stereocenters. The van der Waals surface area contributed by atoms with Crippen LogP contribution >= 0.6 is 11.8 Å². The third kappa shape index (κ3) is 16.8. The van der Waals surface area contributed by atoms with Crippen LogP contribution in [0.5, 0.6) is 0 Å². The molecule has 9 rings (SSSR count). The van der Waals surface area contributed by atoms with Crippen LogP contribution in [0.2, 0.25) is 0 Å². The first-order chi connectivity index (χ1) is 42.2. The summed E-state index contributed by atoms with van der Waals surface area (Å²) >= 11 is 1.42. The molecule has 89 heavy (non-hydrogen) atoms. The van der Waals surface area contributed by atoms with Crippen molar-refractivity contribution in [2.75, 3.05) is 99.8 Å². The number of sulfonamides is 1. The van der Waals surface area contributed by atoms with Gasteiger partial charge in [-0.15, -0.1) is 11.8 Å². The molecule has 3 fully saturated rings. The van der Waals surface area contributed by atoms with Gasteiger partial charge in [0.1, 0.15) is 10.9 Å². The van der Waals surface area contributed by atoms with E-state index in [1.807, 2.05) is 35.1 Å². The number of carbonyl (C=O) groups is 5. The highest BCUT2D eigenvalue weighted by Gasteiger charge is 2.49. The number of hydrogen-bond acceptors (Lipinski definition) is 16. The van der Waals surface area contributed by atoms with E-state index in [2.05, 4.69) is 56.0 Å². The van der Waals surface area contributed by atoms with Crippen molar-refractivity contribution in [1.82, 2.24) is 29.6 Å². The maximum absolute atomic E-state index is 14.5. The number of halogens is 5. The van der Waals surface area contributed by atoms with E-state index in [0.717, 1.165) is 90.5 Å². The van der Waals surface area contributed by atoms with Crippen LogP contribution < -0.4 is 25.6 Å². The van der Waals surface area contributed by atoms with Crippen molar-refractivity contribution in [3.05, 3.63) is 131 Å². The summed E-state index contributed by atoms with van der Waals surface area (Å²) in [5.41, 5.74) is -1.34. The second-order valence-electron chi connectivity index (χ2n) is 24.1. The summed E-state index contributed by atoms with van der Waals surface area (Å²) in [6.45, 7) is 16.7. The number of alkyl halides is 5. The molecule has 4 heterocycles. The van der Waals surface area contributed by atoms with Crippen LogP contribution in [0.4, 0.5) is 39.0 Å². The van der Waals surface area contributed by atoms with Crippen molar-refractivity contribution in [3.63, 3.8) is 0 Å². The molecule has 26 heteroatoms. The van der Waals surface area contributed by atoms with Crippen LogP contribution in [0.1, 0.15) is 109 Å². The Bertz CT molecular complexity index is 3540. The molecule has 0 radical (unpaired) electrons. The van der Waals surface area contributed by atoms with Gasteiger partial charge in [-0.25, -0.2) is 30.3 Å². The van der Waals surface area contributed by atoms with Crippen LogP contribution in [0.25, 0.3) is 0 Å². The van der Waals surface area contributed by atoms with E-state index in [1.165, 1.54) is 29.5 Å². The van der Waals surface area contributed by atoms with E-state index in [0.29, 0.717) is 82.8 Å². The summed E-state index contributed by atoms with van der Waals surface area (Å²) < 4.78 is 126. The van der Waals surface area contributed by atoms with Crippen LogP contribution in [0.15, 0.2) is 129 Å². The van der Waals surface area contributed by atoms with E-state index in [9.17, 15) is 62.8 Å². The zero-order valence-electron chi connectivity index (χ0n) is 49.9. The average molecular weight is 1290 g/mol. The molecule has 1 unspecified atom stereocenters. The molecule has 5 aliphatic rings. The minimum absolute atomic E-state index is 0.0278. The van der Waals surface area contributed by atoms with Gasteiger partial charge in [0.05, 0.1) is 21.7 Å². The van der Waals surface area contributed by atoms with Crippen LogP contribution in [0.3, 0.4) is 0 Å². The SMILES string of the molecule is C=C(CCC(F)F)C1=C(CN2CCN(c3ccc(C(=O)NS(=O)(=O)c4ccc(N[C@H](CCN5CCN(CCCCNc6ccc7c(c6)C(=O)N(C6CCC(=O)NC6=O)C7=O)CC5)CSc5ccccc5)c(S(=O)(=O)C(F)(F)F)c4)cc3)CC2)CCC(C)(C)C1. The quantitative estimate of drug-likeness (QED) is 0.0199. The lowest BCUT2D eigenvalue weighted by Crippen LogP contribution is -2.54. The van der Waals surface area contributed by atoms with Crippen molar-refractivity contribution in [2.45, 2.75) is 117 Å². The number of hydrogen-bond donors (Lipinski definition) is 4. The molecule has 0 saturated carbocycles. The molecule has 3 saturated heterocycles. The molecule has 4 aromatic carbocycles. The number of fused-ring (bicyclic) bond motifs is 1. The molecular weight excluding hydrogens is 1220 g/mol. The number of piperidine rings is 1. The lowest BCUT2D eigenvalue weighted by Gasteiger charge is -2.39. The molecular formula is C63H76F5N9O9S3. The van der Waals surface area contributed by atoms with Crippen LogP contribution in [-0.2, 0) is 29.4 Å². The highest BCUT2D eigenvalue weighted by molar-refractivity contribution is 7.99. The van der Waals surface area contributed by atoms with Gasteiger partial charge in [-0.05, 0) is 142 Å². The molecule has 18 nitrogen and oxygen atoms in total. The number of imide groups is 2. The van der Waals surface area contributed by atoms with Crippen molar-refractivity contribution >= 4 is 78.2 Å². The highest BCUT2D eigenvalue weighted by Crippen LogP contribution is 2.43. The van der Waals surface area contributed by atoms with E-state index in [1.54, 1.807) is 30.3 Å². The number of unbranched alkanes of at least 4 members (excludes halogenated alkanes) is 1. The van der Waals surface area contributed by atoms with Gasteiger partial charge < -0.3 is 25.3 Å². The standard InChI is InChI=1S/C63H76F5N9O9S3/c1-42(11-21-56(64)65)52-39-62(2,3)25-23-44(52)40-75-33-35-76(36-34-75)47-15-12-43(13-16-47)58(79)72-89(85,86)49-17-19-53(55(38-49)88(83,84)63(66,67)68)70-46(41-87-48-9-5-4-6-10-48)24-28-74-31-29-73(30-32-74)27-8-7-26-69-45-14-18-50-51(37-45)61(82)77(60(50)81)54-20-22-57(78)71-59(54)80/h4-6,9-10,12-19,37-38,46,54,56,69-70H,1,7-8,11,20-36,39-41H2,2-3H3,(H,72,79)(H,71,78,80)/t46-,54?/m1/s1. The number of piperazine rings is 2. The van der Waals surface area contributed by atoms with Crippen LogP contribution in [-0.4, -0.2) is 174 Å². The second kappa shape index (κ2) is 28.6. The molecule has 4 aliphatic heterocycles. The largest absolute Gasteiger partial charge is 0.501 e. The summed E-state index contributed by atoms with van der Waals surface area (Å²) in [5.74, 6) is -3.06. The molecule has 5 amide bonds. The van der Waals surface area contributed by atoms with Gasteiger partial charge in [-0.1, -0.05) is 49.8 Å². The topological polar surface area (TPSA) is 218 Å². The van der Waals surface area contributed by atoms with Crippen molar-refractivity contribution in [1.29, 1.82) is 0 Å². The van der Waals surface area contributed by atoms with E-state index >= 15 is 0 Å². The zero-order valence-corrected chi connectivity index (χ0v) is 52.3. The maximum atomic E-state index is 14.5. The first-order valence-electron chi connectivity index (χ1n) is 30.0. The van der Waals surface area contributed by atoms with Crippen LogP contribution in [0, 0.1) is 5.41 Å². The van der Waals surface area contributed by atoms with E-state index in [-0.39, 0.29) is 47.8 Å². The molecule has 0 aromatic heterocycles. The van der Waals surface area contributed by atoms with E-state index in [4.69, 9.17) is 0 Å². The number of carbonyl (C=O) groups excluding carboxylic acids is 5. The molecule has 4 N–H and O–H groups in total. The number of amides is 5. The smallest absolute Gasteiger partial charge is 0.385 e.